The number of benzene rings is 1. The molecule has 5 nitrogen and oxygen atoms in total. The Morgan fingerprint density at radius 1 is 1.15 bits per heavy atom. The number of carbonyl (C=O) groups excluding carboxylic acids is 1. The normalized spacial score (nSPS) is 15.1. The summed E-state index contributed by atoms with van der Waals surface area (Å²) >= 11 is 5.59. The average molecular weight is 385 g/mol. The first-order valence-electron chi connectivity index (χ1n) is 8.09. The highest BCUT2D eigenvalue weighted by molar-refractivity contribution is 6.31. The monoisotopic (exact) mass is 384 g/mol. The van der Waals surface area contributed by atoms with Gasteiger partial charge in [0.25, 0.3) is 5.91 Å². The minimum absolute atomic E-state index is 0.162. The number of carbonyl (C=O) groups is 1. The lowest BCUT2D eigenvalue weighted by atomic mass is 10.2. The predicted octanol–water partition coefficient (Wildman–Crippen LogP) is 4.56. The van der Waals surface area contributed by atoms with Crippen molar-refractivity contribution in [1.29, 1.82) is 0 Å². The molecule has 26 heavy (non-hydrogen) atoms. The van der Waals surface area contributed by atoms with E-state index in [1.165, 1.54) is 18.5 Å². The van der Waals surface area contributed by atoms with E-state index in [9.17, 15) is 18.0 Å². The number of nitrogens with zero attached hydrogens (tertiary/aromatic N) is 2. The van der Waals surface area contributed by atoms with Gasteiger partial charge in [-0.1, -0.05) is 24.4 Å². The lowest BCUT2D eigenvalue weighted by Gasteiger charge is -2.13. The van der Waals surface area contributed by atoms with Crippen LogP contribution in [0.15, 0.2) is 30.6 Å². The summed E-state index contributed by atoms with van der Waals surface area (Å²) < 4.78 is 38.7. The number of hydrogen-bond acceptors (Lipinski definition) is 4. The molecule has 0 unspecified atom stereocenters. The fourth-order valence-electron chi connectivity index (χ4n) is 2.81. The number of hydrogen-bond donors (Lipinski definition) is 2. The van der Waals surface area contributed by atoms with Gasteiger partial charge in [0, 0.05) is 11.7 Å². The van der Waals surface area contributed by atoms with Crippen LogP contribution >= 0.6 is 11.6 Å². The van der Waals surface area contributed by atoms with Crippen molar-refractivity contribution < 1.29 is 18.0 Å². The summed E-state index contributed by atoms with van der Waals surface area (Å²) in [5.41, 5.74) is -0.613. The number of amides is 1. The van der Waals surface area contributed by atoms with Crippen LogP contribution in [-0.4, -0.2) is 21.9 Å². The van der Waals surface area contributed by atoms with Crippen LogP contribution in [0.5, 0.6) is 0 Å². The third-order valence-electron chi connectivity index (χ3n) is 4.12. The number of aromatic nitrogens is 2. The van der Waals surface area contributed by atoms with Crippen LogP contribution in [0, 0.1) is 0 Å². The highest BCUT2D eigenvalue weighted by Gasteiger charge is 2.33. The van der Waals surface area contributed by atoms with Gasteiger partial charge in [0.15, 0.2) is 0 Å². The van der Waals surface area contributed by atoms with Crippen LogP contribution in [0.1, 0.15) is 41.7 Å². The molecule has 1 aromatic carbocycles. The Bertz CT molecular complexity index is 790. The molecule has 1 saturated carbocycles. The van der Waals surface area contributed by atoms with Gasteiger partial charge in [0.2, 0.25) is 0 Å². The lowest BCUT2D eigenvalue weighted by molar-refractivity contribution is -0.137. The van der Waals surface area contributed by atoms with Gasteiger partial charge in [-0.15, -0.1) is 0 Å². The number of anilines is 2. The van der Waals surface area contributed by atoms with Crippen LogP contribution in [0.4, 0.5) is 24.7 Å². The molecular formula is C17H16ClF3N4O. The van der Waals surface area contributed by atoms with Gasteiger partial charge in [-0.2, -0.15) is 13.2 Å². The maximum atomic E-state index is 12.9. The zero-order valence-corrected chi connectivity index (χ0v) is 14.4. The molecule has 0 spiro atoms. The van der Waals surface area contributed by atoms with Gasteiger partial charge >= 0.3 is 6.18 Å². The molecular weight excluding hydrogens is 369 g/mol. The smallest absolute Gasteiger partial charge is 0.348 e. The average Bonchev–Trinajstić information content (AvgIpc) is 3.09. The zero-order valence-electron chi connectivity index (χ0n) is 13.6. The molecule has 0 aliphatic heterocycles. The van der Waals surface area contributed by atoms with Gasteiger partial charge in [0.05, 0.1) is 23.0 Å². The highest BCUT2D eigenvalue weighted by Crippen LogP contribution is 2.36. The first-order chi connectivity index (χ1) is 12.3. The molecule has 1 aliphatic carbocycles. The van der Waals surface area contributed by atoms with E-state index in [2.05, 4.69) is 20.6 Å². The third kappa shape index (κ3) is 4.43. The van der Waals surface area contributed by atoms with E-state index < -0.39 is 11.7 Å². The molecule has 138 valence electrons. The molecule has 0 bridgehead atoms. The van der Waals surface area contributed by atoms with Crippen LogP contribution in [0.3, 0.4) is 0 Å². The number of nitrogens with one attached hydrogen (secondary N) is 2. The molecule has 0 atom stereocenters. The van der Waals surface area contributed by atoms with Crippen LogP contribution < -0.4 is 10.6 Å². The van der Waals surface area contributed by atoms with Crippen molar-refractivity contribution in [2.45, 2.75) is 37.9 Å². The van der Waals surface area contributed by atoms with Crippen LogP contribution in [-0.2, 0) is 6.18 Å². The zero-order chi connectivity index (χ0) is 18.7. The van der Waals surface area contributed by atoms with Crippen molar-refractivity contribution in [1.82, 2.24) is 15.3 Å². The Kier molecular flexibility index (Phi) is 5.31. The molecule has 0 radical (unpaired) electrons. The second kappa shape index (κ2) is 7.49. The first kappa shape index (κ1) is 18.4. The van der Waals surface area contributed by atoms with Crippen LogP contribution in [0.2, 0.25) is 5.02 Å². The topological polar surface area (TPSA) is 66.9 Å². The summed E-state index contributed by atoms with van der Waals surface area (Å²) in [6, 6.07) is 3.62. The summed E-state index contributed by atoms with van der Waals surface area (Å²) in [5, 5.41) is 5.23. The van der Waals surface area contributed by atoms with E-state index in [1.807, 2.05) is 0 Å². The molecule has 2 N–H and O–H groups in total. The summed E-state index contributed by atoms with van der Waals surface area (Å²) in [5.74, 6) is -0.0836. The molecule has 1 fully saturated rings. The van der Waals surface area contributed by atoms with Crippen molar-refractivity contribution in [3.8, 4) is 0 Å². The van der Waals surface area contributed by atoms with E-state index in [4.69, 9.17) is 11.6 Å². The minimum atomic E-state index is -4.55. The fraction of sp³-hybridized carbons (Fsp3) is 0.353. The maximum Gasteiger partial charge on any atom is 0.417 e. The molecule has 1 heterocycles. The quantitative estimate of drug-likeness (QED) is 0.810. The molecule has 0 saturated heterocycles. The largest absolute Gasteiger partial charge is 0.417 e. The van der Waals surface area contributed by atoms with Crippen molar-refractivity contribution >= 4 is 29.0 Å². The van der Waals surface area contributed by atoms with Gasteiger partial charge in [0.1, 0.15) is 11.5 Å². The maximum absolute atomic E-state index is 12.9. The molecule has 3 rings (SSSR count). The van der Waals surface area contributed by atoms with E-state index in [-0.39, 0.29) is 34.2 Å². The Morgan fingerprint density at radius 3 is 2.50 bits per heavy atom. The predicted molar refractivity (Wildman–Crippen MR) is 91.5 cm³/mol. The third-order valence-corrected chi connectivity index (χ3v) is 4.45. The standard InChI is InChI=1S/C17H16ClF3N4O/c18-13-6-5-11(7-12(13)17(19,20)21)24-15-9-22-14(8-23-15)16(26)25-10-3-1-2-4-10/h5-10H,1-4H2,(H,23,24)(H,25,26). The Labute approximate surface area is 153 Å². The van der Waals surface area contributed by atoms with E-state index in [0.29, 0.717) is 0 Å². The Balaban J connectivity index is 1.68. The number of rotatable bonds is 4. The second-order valence-corrected chi connectivity index (χ2v) is 6.47. The summed E-state index contributed by atoms with van der Waals surface area (Å²) in [7, 11) is 0. The van der Waals surface area contributed by atoms with Crippen molar-refractivity contribution in [3.63, 3.8) is 0 Å². The van der Waals surface area contributed by atoms with Gasteiger partial charge < -0.3 is 10.6 Å². The molecule has 9 heteroatoms. The van der Waals surface area contributed by atoms with Crippen molar-refractivity contribution in [2.75, 3.05) is 5.32 Å². The van der Waals surface area contributed by atoms with Gasteiger partial charge in [-0.05, 0) is 31.0 Å². The highest BCUT2D eigenvalue weighted by atomic mass is 35.5. The fourth-order valence-corrected chi connectivity index (χ4v) is 3.03. The number of halogens is 4. The van der Waals surface area contributed by atoms with Crippen LogP contribution in [0.25, 0.3) is 0 Å². The summed E-state index contributed by atoms with van der Waals surface area (Å²) in [6.07, 6.45) is 2.13. The van der Waals surface area contributed by atoms with Gasteiger partial charge in [-0.3, -0.25) is 4.79 Å². The van der Waals surface area contributed by atoms with E-state index in [1.54, 1.807) is 0 Å². The SMILES string of the molecule is O=C(NC1CCCC1)c1cnc(Nc2ccc(Cl)c(C(F)(F)F)c2)cn1. The summed E-state index contributed by atoms with van der Waals surface area (Å²) in [4.78, 5) is 20.1. The van der Waals surface area contributed by atoms with Crippen molar-refractivity contribution in [2.24, 2.45) is 0 Å². The van der Waals surface area contributed by atoms with E-state index in [0.717, 1.165) is 37.8 Å². The molecule has 1 amide bonds. The minimum Gasteiger partial charge on any atom is -0.348 e. The molecule has 1 aliphatic rings. The van der Waals surface area contributed by atoms with Crippen molar-refractivity contribution in [3.05, 3.63) is 46.9 Å². The number of alkyl halides is 3. The summed E-state index contributed by atoms with van der Waals surface area (Å²) in [6.45, 7) is 0. The lowest BCUT2D eigenvalue weighted by Crippen LogP contribution is -2.33. The Hall–Kier alpha value is -2.35. The Morgan fingerprint density at radius 2 is 1.88 bits per heavy atom. The first-order valence-corrected chi connectivity index (χ1v) is 8.47. The second-order valence-electron chi connectivity index (χ2n) is 6.06. The molecule has 2 aromatic rings. The molecule has 1 aromatic heterocycles. The van der Waals surface area contributed by atoms with Gasteiger partial charge in [-0.25, -0.2) is 9.97 Å². The van der Waals surface area contributed by atoms with E-state index >= 15 is 0 Å².